The van der Waals surface area contributed by atoms with Gasteiger partial charge in [0.2, 0.25) is 0 Å². The average molecular weight is 304 g/mol. The molecule has 0 aliphatic rings. The van der Waals surface area contributed by atoms with Crippen LogP contribution in [0.25, 0.3) is 0 Å². The molecule has 0 radical (unpaired) electrons. The molecule has 0 aliphatic carbocycles. The van der Waals surface area contributed by atoms with Crippen LogP contribution in [0.1, 0.15) is 5.56 Å². The molecule has 0 spiro atoms. The Bertz CT molecular complexity index is 814. The van der Waals surface area contributed by atoms with E-state index in [4.69, 9.17) is 0 Å². The minimum atomic E-state index is -0.348. The Morgan fingerprint density at radius 1 is 0.783 bits per heavy atom. The summed E-state index contributed by atoms with van der Waals surface area (Å²) in [4.78, 5) is 13.0. The van der Waals surface area contributed by atoms with E-state index >= 15 is 0 Å². The molecule has 23 heavy (non-hydrogen) atoms. The minimum absolute atomic E-state index is 0.0805. The Morgan fingerprint density at radius 2 is 1.35 bits per heavy atom. The highest BCUT2D eigenvalue weighted by molar-refractivity contribution is 5.81. The molecule has 114 valence electrons. The topological polar surface area (TPSA) is 46.4 Å². The third-order valence-electron chi connectivity index (χ3n) is 3.63. The number of nitro benzene ring substituents is 1. The Hall–Kier alpha value is -3.14. The first kappa shape index (κ1) is 14.8. The van der Waals surface area contributed by atoms with E-state index in [-0.39, 0.29) is 10.6 Å². The van der Waals surface area contributed by atoms with Crippen LogP contribution in [0.4, 0.5) is 22.7 Å². The monoisotopic (exact) mass is 304 g/mol. The maximum atomic E-state index is 11.4. The maximum Gasteiger partial charge on any atom is 0.293 e. The van der Waals surface area contributed by atoms with Crippen molar-refractivity contribution in [3.63, 3.8) is 0 Å². The first-order chi connectivity index (χ1) is 11.2. The minimum Gasteiger partial charge on any atom is -0.304 e. The van der Waals surface area contributed by atoms with E-state index in [9.17, 15) is 10.1 Å². The zero-order valence-electron chi connectivity index (χ0n) is 12.7. The highest BCUT2D eigenvalue weighted by Crippen LogP contribution is 2.39. The standard InChI is InChI=1S/C19H16N2O2/c1-15-11-13-17(14-12-15)20(16-7-3-2-4-8-16)18-9-5-6-10-19(18)21(22)23/h2-14H,1H3. The van der Waals surface area contributed by atoms with E-state index in [1.165, 1.54) is 6.07 Å². The number of aryl methyl sites for hydroxylation is 1. The Balaban J connectivity index is 2.21. The third-order valence-corrected chi connectivity index (χ3v) is 3.63. The molecule has 3 rings (SSSR count). The van der Waals surface area contributed by atoms with Crippen LogP contribution in [0.2, 0.25) is 0 Å². The lowest BCUT2D eigenvalue weighted by molar-refractivity contribution is -0.384. The van der Waals surface area contributed by atoms with Crippen LogP contribution in [-0.2, 0) is 0 Å². The van der Waals surface area contributed by atoms with E-state index in [0.717, 1.165) is 16.9 Å². The van der Waals surface area contributed by atoms with Gasteiger partial charge in [0.15, 0.2) is 0 Å². The van der Waals surface area contributed by atoms with E-state index in [1.54, 1.807) is 12.1 Å². The molecule has 3 aromatic carbocycles. The van der Waals surface area contributed by atoms with Crippen molar-refractivity contribution < 1.29 is 4.92 Å². The second-order valence-corrected chi connectivity index (χ2v) is 5.25. The molecule has 0 unspecified atom stereocenters. The fourth-order valence-corrected chi connectivity index (χ4v) is 2.51. The number of para-hydroxylation sites is 3. The van der Waals surface area contributed by atoms with Crippen molar-refractivity contribution in [2.75, 3.05) is 4.90 Å². The predicted molar refractivity (Wildman–Crippen MR) is 92.5 cm³/mol. The van der Waals surface area contributed by atoms with Gasteiger partial charge in [-0.05, 0) is 37.3 Å². The summed E-state index contributed by atoms with van der Waals surface area (Å²) in [6, 6.07) is 24.4. The van der Waals surface area contributed by atoms with Crippen molar-refractivity contribution in [3.05, 3.63) is 94.5 Å². The number of hydrogen-bond acceptors (Lipinski definition) is 3. The summed E-state index contributed by atoms with van der Waals surface area (Å²) >= 11 is 0. The lowest BCUT2D eigenvalue weighted by Gasteiger charge is -2.25. The van der Waals surface area contributed by atoms with Crippen LogP contribution < -0.4 is 4.90 Å². The first-order valence-corrected chi connectivity index (χ1v) is 7.32. The Labute approximate surface area is 134 Å². The summed E-state index contributed by atoms with van der Waals surface area (Å²) in [6.07, 6.45) is 0. The number of hydrogen-bond donors (Lipinski definition) is 0. The van der Waals surface area contributed by atoms with Crippen LogP contribution in [0.15, 0.2) is 78.9 Å². The van der Waals surface area contributed by atoms with Gasteiger partial charge in [-0.15, -0.1) is 0 Å². The van der Waals surface area contributed by atoms with Gasteiger partial charge in [0.05, 0.1) is 4.92 Å². The maximum absolute atomic E-state index is 11.4. The highest BCUT2D eigenvalue weighted by atomic mass is 16.6. The van der Waals surface area contributed by atoms with E-state index < -0.39 is 0 Å². The first-order valence-electron chi connectivity index (χ1n) is 7.32. The zero-order valence-corrected chi connectivity index (χ0v) is 12.7. The molecular weight excluding hydrogens is 288 g/mol. The highest BCUT2D eigenvalue weighted by Gasteiger charge is 2.21. The van der Waals surface area contributed by atoms with Crippen LogP contribution in [0, 0.1) is 17.0 Å². The fourth-order valence-electron chi connectivity index (χ4n) is 2.51. The van der Waals surface area contributed by atoms with Crippen molar-refractivity contribution in [1.82, 2.24) is 0 Å². The summed E-state index contributed by atoms with van der Waals surface area (Å²) < 4.78 is 0. The van der Waals surface area contributed by atoms with Crippen molar-refractivity contribution in [2.45, 2.75) is 6.92 Å². The lowest BCUT2D eigenvalue weighted by atomic mass is 10.1. The van der Waals surface area contributed by atoms with Crippen molar-refractivity contribution in [1.29, 1.82) is 0 Å². The molecule has 0 saturated carbocycles. The molecule has 0 aliphatic heterocycles. The number of anilines is 3. The van der Waals surface area contributed by atoms with Gasteiger partial charge in [0, 0.05) is 17.4 Å². The van der Waals surface area contributed by atoms with Gasteiger partial charge in [-0.25, -0.2) is 0 Å². The summed E-state index contributed by atoms with van der Waals surface area (Å²) in [7, 11) is 0. The van der Waals surface area contributed by atoms with Crippen LogP contribution in [0.5, 0.6) is 0 Å². The van der Waals surface area contributed by atoms with Gasteiger partial charge < -0.3 is 4.90 Å². The van der Waals surface area contributed by atoms with E-state index in [1.807, 2.05) is 72.5 Å². The number of rotatable bonds is 4. The molecule has 4 heteroatoms. The molecule has 0 aromatic heterocycles. The smallest absolute Gasteiger partial charge is 0.293 e. The molecule has 0 fully saturated rings. The quantitative estimate of drug-likeness (QED) is 0.480. The third kappa shape index (κ3) is 3.06. The second-order valence-electron chi connectivity index (χ2n) is 5.25. The molecule has 4 nitrogen and oxygen atoms in total. The summed E-state index contributed by atoms with van der Waals surface area (Å²) in [5.41, 5.74) is 3.54. The number of nitrogens with zero attached hydrogens (tertiary/aromatic N) is 2. The van der Waals surface area contributed by atoms with Crippen molar-refractivity contribution >= 4 is 22.7 Å². The molecule has 0 heterocycles. The summed E-state index contributed by atoms with van der Waals surface area (Å²) in [5.74, 6) is 0. The number of benzene rings is 3. The fraction of sp³-hybridized carbons (Fsp3) is 0.0526. The van der Waals surface area contributed by atoms with E-state index in [0.29, 0.717) is 5.69 Å². The van der Waals surface area contributed by atoms with Crippen LogP contribution in [-0.4, -0.2) is 4.92 Å². The normalized spacial score (nSPS) is 10.3. The van der Waals surface area contributed by atoms with Crippen LogP contribution in [0.3, 0.4) is 0 Å². The molecule has 0 bridgehead atoms. The molecular formula is C19H16N2O2. The average Bonchev–Trinajstić information content (AvgIpc) is 2.58. The Kier molecular flexibility index (Phi) is 4.06. The van der Waals surface area contributed by atoms with E-state index in [2.05, 4.69) is 0 Å². The summed E-state index contributed by atoms with van der Waals surface area (Å²) in [5, 5.41) is 11.4. The molecule has 0 atom stereocenters. The van der Waals surface area contributed by atoms with Crippen molar-refractivity contribution in [2.24, 2.45) is 0 Å². The molecule has 0 N–H and O–H groups in total. The van der Waals surface area contributed by atoms with Gasteiger partial charge in [-0.2, -0.15) is 0 Å². The second kappa shape index (κ2) is 6.32. The lowest BCUT2D eigenvalue weighted by Crippen LogP contribution is -2.11. The largest absolute Gasteiger partial charge is 0.304 e. The predicted octanol–water partition coefficient (Wildman–Crippen LogP) is 5.37. The van der Waals surface area contributed by atoms with Gasteiger partial charge in [-0.3, -0.25) is 10.1 Å². The molecule has 0 saturated heterocycles. The Morgan fingerprint density at radius 3 is 2.00 bits per heavy atom. The van der Waals surface area contributed by atoms with Gasteiger partial charge in [0.1, 0.15) is 5.69 Å². The SMILES string of the molecule is Cc1ccc(N(c2ccccc2)c2ccccc2[N+](=O)[O-])cc1. The summed E-state index contributed by atoms with van der Waals surface area (Å²) in [6.45, 7) is 2.02. The van der Waals surface area contributed by atoms with Crippen molar-refractivity contribution in [3.8, 4) is 0 Å². The molecule has 0 amide bonds. The molecule has 3 aromatic rings. The van der Waals surface area contributed by atoms with Crippen LogP contribution >= 0.6 is 0 Å². The van der Waals surface area contributed by atoms with Gasteiger partial charge in [-0.1, -0.05) is 48.0 Å². The van der Waals surface area contributed by atoms with Gasteiger partial charge >= 0.3 is 0 Å². The van der Waals surface area contributed by atoms with Gasteiger partial charge in [0.25, 0.3) is 5.69 Å². The zero-order chi connectivity index (χ0) is 16.2. The number of nitro groups is 1.